The molecule has 3 rings (SSSR count). The number of nitrogens with one attached hydrogen (secondary N) is 2. The molecule has 2 aromatic rings. The molecule has 0 saturated heterocycles. The normalized spacial score (nSPS) is 15.1. The van der Waals surface area contributed by atoms with Gasteiger partial charge in [0.25, 0.3) is 0 Å². The first-order chi connectivity index (χ1) is 14.1. The van der Waals surface area contributed by atoms with E-state index in [4.69, 9.17) is 9.47 Å². The molecule has 1 aliphatic rings. The maximum Gasteiger partial charge on any atom is 0.387 e. The molecule has 1 unspecified atom stereocenters. The summed E-state index contributed by atoms with van der Waals surface area (Å²) in [7, 11) is 3.11. The second-order valence-corrected chi connectivity index (χ2v) is 6.55. The van der Waals surface area contributed by atoms with Crippen LogP contribution in [0.2, 0.25) is 0 Å². The first-order valence-corrected chi connectivity index (χ1v) is 9.40. The minimum Gasteiger partial charge on any atom is -0.493 e. The maximum absolute atomic E-state index is 12.5. The molecule has 6 nitrogen and oxygen atoms in total. The van der Waals surface area contributed by atoms with Gasteiger partial charge in [0.2, 0.25) is 0 Å². The molecule has 0 aliphatic carbocycles. The van der Waals surface area contributed by atoms with Gasteiger partial charge in [0.15, 0.2) is 17.5 Å². The van der Waals surface area contributed by atoms with Crippen LogP contribution in [0.4, 0.5) is 8.78 Å². The minimum atomic E-state index is -2.90. The number of halogens is 3. The van der Waals surface area contributed by atoms with E-state index < -0.39 is 6.61 Å². The highest BCUT2D eigenvalue weighted by molar-refractivity contribution is 14.0. The Labute approximate surface area is 192 Å². The summed E-state index contributed by atoms with van der Waals surface area (Å²) in [5.74, 6) is 1.89. The highest BCUT2D eigenvalue weighted by Crippen LogP contribution is 2.30. The highest BCUT2D eigenvalue weighted by atomic mass is 127. The molecule has 0 fully saturated rings. The zero-order chi connectivity index (χ0) is 20.6. The van der Waals surface area contributed by atoms with E-state index in [1.165, 1.54) is 12.7 Å². The van der Waals surface area contributed by atoms with Crippen LogP contribution in [-0.2, 0) is 12.8 Å². The number of rotatable bonds is 8. The largest absolute Gasteiger partial charge is 0.493 e. The predicted octanol–water partition coefficient (Wildman–Crippen LogP) is 3.63. The number of nitrogens with zero attached hydrogens (tertiary/aromatic N) is 1. The lowest BCUT2D eigenvalue weighted by Gasteiger charge is -2.16. The zero-order valence-corrected chi connectivity index (χ0v) is 19.2. The van der Waals surface area contributed by atoms with Crippen molar-refractivity contribution >= 4 is 29.9 Å². The summed E-state index contributed by atoms with van der Waals surface area (Å²) in [5.41, 5.74) is 2.06. The molecular weight excluding hydrogens is 507 g/mol. The quantitative estimate of drug-likeness (QED) is 0.309. The Morgan fingerprint density at radius 2 is 2.00 bits per heavy atom. The van der Waals surface area contributed by atoms with Gasteiger partial charge in [0.1, 0.15) is 11.9 Å². The SMILES string of the molecule is CN=C(NCCc1ccc(OC)c(OC(F)F)c1)NCC1Cc2ccccc2O1.I. The summed E-state index contributed by atoms with van der Waals surface area (Å²) >= 11 is 0. The zero-order valence-electron chi connectivity index (χ0n) is 16.9. The van der Waals surface area contributed by atoms with E-state index in [0.29, 0.717) is 25.5 Å². The Kier molecular flexibility index (Phi) is 9.41. The fourth-order valence-electron chi connectivity index (χ4n) is 3.19. The van der Waals surface area contributed by atoms with Crippen LogP contribution in [0.5, 0.6) is 17.2 Å². The van der Waals surface area contributed by atoms with Crippen LogP contribution in [0, 0.1) is 0 Å². The van der Waals surface area contributed by atoms with Gasteiger partial charge < -0.3 is 24.8 Å². The van der Waals surface area contributed by atoms with Gasteiger partial charge in [-0.3, -0.25) is 4.99 Å². The first kappa shape index (κ1) is 24.0. The standard InChI is InChI=1S/C21H25F2N3O3.HI/c1-24-21(26-13-16-12-15-5-3-4-6-17(15)28-16)25-10-9-14-7-8-18(27-2)19(11-14)29-20(22)23;/h3-8,11,16,20H,9-10,12-13H2,1-2H3,(H2,24,25,26);1H. The van der Waals surface area contributed by atoms with Crippen molar-refractivity contribution in [3.8, 4) is 17.2 Å². The van der Waals surface area contributed by atoms with Gasteiger partial charge in [0.05, 0.1) is 13.7 Å². The lowest BCUT2D eigenvalue weighted by Crippen LogP contribution is -2.42. The van der Waals surface area contributed by atoms with Crippen LogP contribution in [0.1, 0.15) is 11.1 Å². The van der Waals surface area contributed by atoms with Crippen molar-refractivity contribution in [3.05, 3.63) is 53.6 Å². The van der Waals surface area contributed by atoms with Crippen LogP contribution in [0.25, 0.3) is 0 Å². The summed E-state index contributed by atoms with van der Waals surface area (Å²) in [6.45, 7) is -1.70. The van der Waals surface area contributed by atoms with Gasteiger partial charge in [-0.05, 0) is 35.7 Å². The van der Waals surface area contributed by atoms with Crippen LogP contribution >= 0.6 is 24.0 Å². The number of aliphatic imine (C=N–C) groups is 1. The molecule has 2 aromatic carbocycles. The number of fused-ring (bicyclic) bond motifs is 1. The van der Waals surface area contributed by atoms with Gasteiger partial charge in [-0.1, -0.05) is 24.3 Å². The lowest BCUT2D eigenvalue weighted by molar-refractivity contribution is -0.0512. The third-order valence-corrected chi connectivity index (χ3v) is 4.58. The lowest BCUT2D eigenvalue weighted by atomic mass is 10.1. The van der Waals surface area contributed by atoms with E-state index in [2.05, 4.69) is 26.4 Å². The van der Waals surface area contributed by atoms with E-state index in [1.54, 1.807) is 19.2 Å². The van der Waals surface area contributed by atoms with Crippen LogP contribution in [-0.4, -0.2) is 45.9 Å². The highest BCUT2D eigenvalue weighted by Gasteiger charge is 2.22. The topological polar surface area (TPSA) is 64.1 Å². The monoisotopic (exact) mass is 533 g/mol. The molecule has 0 spiro atoms. The van der Waals surface area contributed by atoms with Crippen molar-refractivity contribution in [1.82, 2.24) is 10.6 Å². The van der Waals surface area contributed by atoms with E-state index in [-0.39, 0.29) is 41.6 Å². The fourth-order valence-corrected chi connectivity index (χ4v) is 3.19. The number of hydrogen-bond acceptors (Lipinski definition) is 4. The molecule has 0 bridgehead atoms. The van der Waals surface area contributed by atoms with Crippen molar-refractivity contribution in [2.75, 3.05) is 27.2 Å². The summed E-state index contributed by atoms with van der Waals surface area (Å²) < 4.78 is 40.6. The number of ether oxygens (including phenoxy) is 3. The summed E-state index contributed by atoms with van der Waals surface area (Å²) in [4.78, 5) is 4.21. The predicted molar refractivity (Wildman–Crippen MR) is 123 cm³/mol. The van der Waals surface area contributed by atoms with Gasteiger partial charge >= 0.3 is 6.61 Å². The number of hydrogen-bond donors (Lipinski definition) is 2. The number of para-hydroxylation sites is 1. The van der Waals surface area contributed by atoms with Crippen molar-refractivity contribution in [2.45, 2.75) is 25.6 Å². The van der Waals surface area contributed by atoms with Crippen LogP contribution in [0.15, 0.2) is 47.5 Å². The Balaban J connectivity index is 0.00000320. The molecule has 0 saturated carbocycles. The molecule has 9 heteroatoms. The Hall–Kier alpha value is -2.30. The van der Waals surface area contributed by atoms with E-state index in [0.717, 1.165) is 17.7 Å². The molecule has 30 heavy (non-hydrogen) atoms. The molecule has 0 aromatic heterocycles. The molecule has 0 amide bonds. The minimum absolute atomic E-state index is 0. The second kappa shape index (κ2) is 11.8. The summed E-state index contributed by atoms with van der Waals surface area (Å²) in [6, 6.07) is 13.0. The molecule has 1 atom stereocenters. The van der Waals surface area contributed by atoms with E-state index in [9.17, 15) is 8.78 Å². The average molecular weight is 533 g/mol. The van der Waals surface area contributed by atoms with Crippen molar-refractivity contribution < 1.29 is 23.0 Å². The third-order valence-electron chi connectivity index (χ3n) is 4.58. The molecule has 1 aliphatic heterocycles. The number of methoxy groups -OCH3 is 1. The van der Waals surface area contributed by atoms with E-state index in [1.807, 2.05) is 24.3 Å². The van der Waals surface area contributed by atoms with Crippen molar-refractivity contribution in [1.29, 1.82) is 0 Å². The molecule has 0 radical (unpaired) electrons. The van der Waals surface area contributed by atoms with Gasteiger partial charge in [-0.15, -0.1) is 24.0 Å². The fraction of sp³-hybridized carbons (Fsp3) is 0.381. The maximum atomic E-state index is 12.5. The molecular formula is C21H26F2IN3O3. The molecule has 2 N–H and O–H groups in total. The van der Waals surface area contributed by atoms with E-state index >= 15 is 0 Å². The number of guanidine groups is 1. The van der Waals surface area contributed by atoms with Crippen LogP contribution < -0.4 is 24.8 Å². The Morgan fingerprint density at radius 1 is 1.20 bits per heavy atom. The molecule has 164 valence electrons. The van der Waals surface area contributed by atoms with Crippen LogP contribution in [0.3, 0.4) is 0 Å². The third kappa shape index (κ3) is 6.61. The van der Waals surface area contributed by atoms with Crippen molar-refractivity contribution in [3.63, 3.8) is 0 Å². The molecule has 1 heterocycles. The first-order valence-electron chi connectivity index (χ1n) is 9.40. The Bertz CT molecular complexity index is 827. The Morgan fingerprint density at radius 3 is 2.70 bits per heavy atom. The summed E-state index contributed by atoms with van der Waals surface area (Å²) in [6.07, 6.45) is 1.52. The number of alkyl halides is 2. The number of benzene rings is 2. The smallest absolute Gasteiger partial charge is 0.387 e. The average Bonchev–Trinajstić information content (AvgIpc) is 3.13. The van der Waals surface area contributed by atoms with Gasteiger partial charge in [-0.25, -0.2) is 0 Å². The second-order valence-electron chi connectivity index (χ2n) is 6.55. The summed E-state index contributed by atoms with van der Waals surface area (Å²) in [5, 5.41) is 6.47. The van der Waals surface area contributed by atoms with Gasteiger partial charge in [0, 0.05) is 20.0 Å². The van der Waals surface area contributed by atoms with Gasteiger partial charge in [-0.2, -0.15) is 8.78 Å². The van der Waals surface area contributed by atoms with Crippen molar-refractivity contribution in [2.24, 2.45) is 4.99 Å².